The molecule has 0 aromatic heterocycles. The average Bonchev–Trinajstić information content (AvgIpc) is 2.79. The molecule has 1 aliphatic rings. The smallest absolute Gasteiger partial charge is 0.0409 e. The molecule has 0 bridgehead atoms. The zero-order chi connectivity index (χ0) is 21.1. The molecule has 0 aliphatic heterocycles. The van der Waals surface area contributed by atoms with Crippen LogP contribution in [0.15, 0.2) is 84.4 Å². The molecule has 0 fully saturated rings. The molecule has 0 spiro atoms. The summed E-state index contributed by atoms with van der Waals surface area (Å²) < 4.78 is 0. The first-order valence-corrected chi connectivity index (χ1v) is 10.7. The first kappa shape index (κ1) is 20.1. The summed E-state index contributed by atoms with van der Waals surface area (Å²) in [6, 6.07) is 26.2. The predicted molar refractivity (Wildman–Crippen MR) is 131 cm³/mol. The highest BCUT2D eigenvalue weighted by atomic mass is 15.1. The number of benzene rings is 3. The topological polar surface area (TPSA) is 32.5 Å². The number of anilines is 4. The summed E-state index contributed by atoms with van der Waals surface area (Å²) in [6.07, 6.45) is 5.99. The molecule has 0 radical (unpaired) electrons. The molecule has 2 N–H and O–H groups in total. The van der Waals surface area contributed by atoms with Crippen molar-refractivity contribution in [3.63, 3.8) is 0 Å². The highest BCUT2D eigenvalue weighted by Crippen LogP contribution is 2.30. The van der Waals surface area contributed by atoms with Gasteiger partial charge in [-0.05, 0) is 85.8 Å². The van der Waals surface area contributed by atoms with Crippen LogP contribution >= 0.6 is 0 Å². The van der Waals surface area contributed by atoms with Crippen molar-refractivity contribution in [1.29, 1.82) is 0 Å². The molecule has 0 heterocycles. The van der Waals surface area contributed by atoms with E-state index in [0.717, 1.165) is 23.5 Å². The van der Waals surface area contributed by atoms with Gasteiger partial charge in [-0.1, -0.05) is 35.9 Å². The molecule has 0 amide bonds. The maximum Gasteiger partial charge on any atom is 0.0409 e. The summed E-state index contributed by atoms with van der Waals surface area (Å²) in [5.41, 5.74) is 14.2. The number of hydrogen-bond acceptors (Lipinski definition) is 3. The maximum atomic E-state index is 5.80. The standard InChI is InChI=1S/C27H31N3/c1-20-4-12-24(13-5-20)29(2)25-14-6-21(7-15-25)22-8-16-26(17-9-22)30(3)27-18-10-23(28)11-19-27/h4,6-11,14-19,24H,5,12-13,28H2,1-3H3. The van der Waals surface area contributed by atoms with Crippen LogP contribution in [0.3, 0.4) is 0 Å². The highest BCUT2D eigenvalue weighted by molar-refractivity contribution is 5.71. The third-order valence-electron chi connectivity index (χ3n) is 6.30. The van der Waals surface area contributed by atoms with Crippen LogP contribution in [0.2, 0.25) is 0 Å². The summed E-state index contributed by atoms with van der Waals surface area (Å²) >= 11 is 0. The molecule has 3 nitrogen and oxygen atoms in total. The normalized spacial score (nSPS) is 16.1. The Bertz CT molecular complexity index is 1000. The number of nitrogen functional groups attached to an aromatic ring is 1. The van der Waals surface area contributed by atoms with Gasteiger partial charge in [-0.25, -0.2) is 0 Å². The van der Waals surface area contributed by atoms with E-state index in [4.69, 9.17) is 5.73 Å². The van der Waals surface area contributed by atoms with Gasteiger partial charge in [0.1, 0.15) is 0 Å². The van der Waals surface area contributed by atoms with Gasteiger partial charge in [0.05, 0.1) is 0 Å². The van der Waals surface area contributed by atoms with Gasteiger partial charge in [0.15, 0.2) is 0 Å². The minimum atomic E-state index is 0.600. The lowest BCUT2D eigenvalue weighted by Crippen LogP contribution is -2.32. The molecule has 3 aromatic carbocycles. The average molecular weight is 398 g/mol. The predicted octanol–water partition coefficient (Wildman–Crippen LogP) is 6.64. The van der Waals surface area contributed by atoms with Crippen molar-refractivity contribution >= 4 is 22.7 Å². The van der Waals surface area contributed by atoms with Crippen LogP contribution in [0.1, 0.15) is 26.2 Å². The Morgan fingerprint density at radius 1 is 0.733 bits per heavy atom. The van der Waals surface area contributed by atoms with Gasteiger partial charge in [0.2, 0.25) is 0 Å². The molecule has 4 rings (SSSR count). The van der Waals surface area contributed by atoms with E-state index in [2.05, 4.69) is 85.4 Å². The van der Waals surface area contributed by atoms with Crippen LogP contribution in [0.4, 0.5) is 22.7 Å². The lowest BCUT2D eigenvalue weighted by molar-refractivity contribution is 0.560. The fourth-order valence-electron chi connectivity index (χ4n) is 4.13. The van der Waals surface area contributed by atoms with E-state index >= 15 is 0 Å². The lowest BCUT2D eigenvalue weighted by atomic mass is 9.95. The van der Waals surface area contributed by atoms with E-state index in [-0.39, 0.29) is 0 Å². The zero-order valence-corrected chi connectivity index (χ0v) is 18.2. The Hall–Kier alpha value is -3.20. The Morgan fingerprint density at radius 3 is 1.73 bits per heavy atom. The van der Waals surface area contributed by atoms with Crippen molar-refractivity contribution in [1.82, 2.24) is 0 Å². The molecule has 0 saturated heterocycles. The van der Waals surface area contributed by atoms with Crippen molar-refractivity contribution < 1.29 is 0 Å². The van der Waals surface area contributed by atoms with Crippen molar-refractivity contribution in [3.05, 3.63) is 84.4 Å². The molecule has 0 saturated carbocycles. The fraction of sp³-hybridized carbons (Fsp3) is 0.259. The van der Waals surface area contributed by atoms with Crippen LogP contribution < -0.4 is 15.5 Å². The Balaban J connectivity index is 1.46. The van der Waals surface area contributed by atoms with Crippen molar-refractivity contribution in [3.8, 4) is 11.1 Å². The van der Waals surface area contributed by atoms with Crippen molar-refractivity contribution in [2.24, 2.45) is 0 Å². The summed E-state index contributed by atoms with van der Waals surface area (Å²) in [7, 11) is 4.29. The number of nitrogens with two attached hydrogens (primary N) is 1. The van der Waals surface area contributed by atoms with Gasteiger partial charge in [-0.15, -0.1) is 0 Å². The van der Waals surface area contributed by atoms with Gasteiger partial charge in [-0.3, -0.25) is 0 Å². The first-order chi connectivity index (χ1) is 14.5. The quantitative estimate of drug-likeness (QED) is 0.387. The van der Waals surface area contributed by atoms with Crippen LogP contribution in [0.25, 0.3) is 11.1 Å². The first-order valence-electron chi connectivity index (χ1n) is 10.7. The monoisotopic (exact) mass is 397 g/mol. The Morgan fingerprint density at radius 2 is 1.23 bits per heavy atom. The minimum absolute atomic E-state index is 0.600. The van der Waals surface area contributed by atoms with Crippen molar-refractivity contribution in [2.45, 2.75) is 32.2 Å². The molecule has 1 unspecified atom stereocenters. The van der Waals surface area contributed by atoms with Gasteiger partial charge >= 0.3 is 0 Å². The minimum Gasteiger partial charge on any atom is -0.399 e. The molecule has 154 valence electrons. The third kappa shape index (κ3) is 4.35. The Kier molecular flexibility index (Phi) is 5.80. The molecule has 1 atom stereocenters. The van der Waals surface area contributed by atoms with Gasteiger partial charge in [0.25, 0.3) is 0 Å². The van der Waals surface area contributed by atoms with E-state index in [0.29, 0.717) is 6.04 Å². The van der Waals surface area contributed by atoms with Crippen LogP contribution in [-0.4, -0.2) is 20.1 Å². The van der Waals surface area contributed by atoms with Gasteiger partial charge in [-0.2, -0.15) is 0 Å². The number of nitrogens with zero attached hydrogens (tertiary/aromatic N) is 2. The van der Waals surface area contributed by atoms with E-state index < -0.39 is 0 Å². The number of hydrogen-bond donors (Lipinski definition) is 1. The summed E-state index contributed by atoms with van der Waals surface area (Å²) in [5.74, 6) is 0. The molecular weight excluding hydrogens is 366 g/mol. The molecule has 3 aromatic rings. The SMILES string of the molecule is CC1=CCC(N(C)c2ccc(-c3ccc(N(C)c4ccc(N)cc4)cc3)cc2)CC1. The summed E-state index contributed by atoms with van der Waals surface area (Å²) in [4.78, 5) is 4.60. The summed E-state index contributed by atoms with van der Waals surface area (Å²) in [5, 5.41) is 0. The Labute approximate surface area is 180 Å². The van der Waals surface area contributed by atoms with E-state index in [1.165, 1.54) is 35.2 Å². The van der Waals surface area contributed by atoms with Gasteiger partial charge in [0, 0.05) is 42.9 Å². The van der Waals surface area contributed by atoms with E-state index in [9.17, 15) is 0 Å². The highest BCUT2D eigenvalue weighted by Gasteiger charge is 2.17. The zero-order valence-electron chi connectivity index (χ0n) is 18.2. The molecule has 30 heavy (non-hydrogen) atoms. The van der Waals surface area contributed by atoms with E-state index in [1.54, 1.807) is 0 Å². The lowest BCUT2D eigenvalue weighted by Gasteiger charge is -2.32. The van der Waals surface area contributed by atoms with Crippen LogP contribution in [-0.2, 0) is 0 Å². The molecular formula is C27H31N3. The third-order valence-corrected chi connectivity index (χ3v) is 6.30. The second kappa shape index (κ2) is 8.66. The number of allylic oxidation sites excluding steroid dienone is 1. The second-order valence-electron chi connectivity index (χ2n) is 8.33. The van der Waals surface area contributed by atoms with Crippen LogP contribution in [0, 0.1) is 0 Å². The molecule has 3 heteroatoms. The largest absolute Gasteiger partial charge is 0.399 e. The van der Waals surface area contributed by atoms with E-state index in [1.807, 2.05) is 24.3 Å². The second-order valence-corrected chi connectivity index (χ2v) is 8.33. The van der Waals surface area contributed by atoms with Crippen LogP contribution in [0.5, 0.6) is 0 Å². The molecule has 1 aliphatic carbocycles. The van der Waals surface area contributed by atoms with Gasteiger partial charge < -0.3 is 15.5 Å². The summed E-state index contributed by atoms with van der Waals surface area (Å²) in [6.45, 7) is 2.24. The number of rotatable bonds is 5. The maximum absolute atomic E-state index is 5.80. The fourth-order valence-corrected chi connectivity index (χ4v) is 4.13. The van der Waals surface area contributed by atoms with Crippen molar-refractivity contribution in [2.75, 3.05) is 29.6 Å².